The van der Waals surface area contributed by atoms with Crippen LogP contribution in [0.15, 0.2) is 60.8 Å². The molecule has 2 nitrogen and oxygen atoms in total. The van der Waals surface area contributed by atoms with Gasteiger partial charge in [0.2, 0.25) is 0 Å². The lowest BCUT2D eigenvalue weighted by molar-refractivity contribution is -0.137. The molecule has 0 atom stereocenters. The van der Waals surface area contributed by atoms with Crippen LogP contribution in [0.3, 0.4) is 0 Å². The van der Waals surface area contributed by atoms with E-state index in [1.165, 1.54) is 0 Å². The normalized spacial score (nSPS) is 12.8. The maximum atomic E-state index is 10.3. The Morgan fingerprint density at radius 2 is 1.36 bits per heavy atom. The lowest BCUT2D eigenvalue weighted by Gasteiger charge is -1.89. The first-order valence-corrected chi connectivity index (χ1v) is 8.25. The maximum Gasteiger partial charge on any atom is 0.303 e. The van der Waals surface area contributed by atoms with Gasteiger partial charge in [-0.25, -0.2) is 0 Å². The zero-order chi connectivity index (χ0) is 16.3. The summed E-state index contributed by atoms with van der Waals surface area (Å²) in [6.07, 6.45) is 28.4. The van der Waals surface area contributed by atoms with Gasteiger partial charge in [0.05, 0.1) is 0 Å². The average Bonchev–Trinajstić information content (AvgIpc) is 2.50. The summed E-state index contributed by atoms with van der Waals surface area (Å²) in [6.45, 7) is 2.15. The van der Waals surface area contributed by atoms with Crippen LogP contribution in [0.5, 0.6) is 0 Å². The van der Waals surface area contributed by atoms with Gasteiger partial charge >= 0.3 is 5.97 Å². The van der Waals surface area contributed by atoms with E-state index in [0.29, 0.717) is 0 Å². The first-order chi connectivity index (χ1) is 10.8. The highest BCUT2D eigenvalue weighted by atomic mass is 16.4. The van der Waals surface area contributed by atoms with Crippen LogP contribution in [0.2, 0.25) is 0 Å². The molecular formula is C20H30O2. The summed E-state index contributed by atoms with van der Waals surface area (Å²) < 4.78 is 0. The van der Waals surface area contributed by atoms with Crippen molar-refractivity contribution in [1.82, 2.24) is 0 Å². The third-order valence-corrected chi connectivity index (χ3v) is 2.92. The van der Waals surface area contributed by atoms with E-state index in [1.54, 1.807) is 0 Å². The molecule has 1 N–H and O–H groups in total. The van der Waals surface area contributed by atoms with Crippen molar-refractivity contribution in [1.29, 1.82) is 0 Å². The Labute approximate surface area is 135 Å². The lowest BCUT2D eigenvalue weighted by Crippen LogP contribution is -1.92. The third kappa shape index (κ3) is 18.2. The molecule has 0 saturated carbocycles. The van der Waals surface area contributed by atoms with Crippen LogP contribution >= 0.6 is 0 Å². The highest BCUT2D eigenvalue weighted by Gasteiger charge is 1.92. The molecular weight excluding hydrogens is 272 g/mol. The van der Waals surface area contributed by atoms with Crippen molar-refractivity contribution in [3.8, 4) is 0 Å². The quantitative estimate of drug-likeness (QED) is 0.258. The zero-order valence-corrected chi connectivity index (χ0v) is 13.8. The van der Waals surface area contributed by atoms with Crippen molar-refractivity contribution in [3.05, 3.63) is 60.8 Å². The van der Waals surface area contributed by atoms with Crippen LogP contribution in [-0.2, 0) is 4.79 Å². The molecule has 0 saturated heterocycles. The van der Waals surface area contributed by atoms with Gasteiger partial charge in [0.15, 0.2) is 0 Å². The largest absolute Gasteiger partial charge is 0.481 e. The second kappa shape index (κ2) is 17.2. The van der Waals surface area contributed by atoms with Crippen LogP contribution < -0.4 is 0 Å². The molecule has 0 amide bonds. The summed E-state index contributed by atoms with van der Waals surface area (Å²) in [5, 5.41) is 8.49. The van der Waals surface area contributed by atoms with Crippen LogP contribution in [0.4, 0.5) is 0 Å². The van der Waals surface area contributed by atoms with Crippen LogP contribution in [0.25, 0.3) is 0 Å². The number of unbranched alkanes of at least 4 members (excludes halogenated alkanes) is 2. The highest BCUT2D eigenvalue weighted by molar-refractivity contribution is 5.66. The summed E-state index contributed by atoms with van der Waals surface area (Å²) in [6, 6.07) is 0. The lowest BCUT2D eigenvalue weighted by atomic mass is 10.2. The number of aliphatic carboxylic acids is 1. The zero-order valence-electron chi connectivity index (χ0n) is 13.8. The Balaban J connectivity index is 3.47. The monoisotopic (exact) mass is 302 g/mol. The Kier molecular flexibility index (Phi) is 15.8. The topological polar surface area (TPSA) is 37.3 Å². The minimum absolute atomic E-state index is 0.257. The van der Waals surface area contributed by atoms with Gasteiger partial charge in [-0.05, 0) is 44.9 Å². The minimum Gasteiger partial charge on any atom is -0.481 e. The average molecular weight is 302 g/mol. The van der Waals surface area contributed by atoms with Crippen molar-refractivity contribution < 1.29 is 9.90 Å². The molecule has 0 unspecified atom stereocenters. The number of carbonyl (C=O) groups is 1. The molecule has 0 rings (SSSR count). The number of hydrogen-bond donors (Lipinski definition) is 1. The van der Waals surface area contributed by atoms with Crippen LogP contribution in [-0.4, -0.2) is 11.1 Å². The Hall–Kier alpha value is -1.83. The molecule has 0 aliphatic rings. The van der Waals surface area contributed by atoms with Crippen molar-refractivity contribution in [2.24, 2.45) is 0 Å². The standard InChI is InChI=1S/C20H30O2/c1-2-3-4-5-6-7-8-9-10-11-12-13-14-15-16-17-18-19-20(21)22/h3-4,7-10,12-13,15-16H,2,5-6,11,14,17-19H2,1H3,(H,21,22)/b4-3-,8-7+,10-9+,13-12-,16-15-. The van der Waals surface area contributed by atoms with Gasteiger partial charge in [-0.1, -0.05) is 67.7 Å². The molecule has 0 aromatic carbocycles. The summed E-state index contributed by atoms with van der Waals surface area (Å²) >= 11 is 0. The van der Waals surface area contributed by atoms with E-state index in [-0.39, 0.29) is 6.42 Å². The van der Waals surface area contributed by atoms with Crippen molar-refractivity contribution >= 4 is 5.97 Å². The molecule has 0 aromatic heterocycles. The number of allylic oxidation sites excluding steroid dienone is 10. The predicted octanol–water partition coefficient (Wildman–Crippen LogP) is 5.99. The van der Waals surface area contributed by atoms with Gasteiger partial charge in [-0.15, -0.1) is 0 Å². The highest BCUT2D eigenvalue weighted by Crippen LogP contribution is 1.99. The van der Waals surface area contributed by atoms with E-state index < -0.39 is 5.97 Å². The third-order valence-electron chi connectivity index (χ3n) is 2.92. The fourth-order valence-corrected chi connectivity index (χ4v) is 1.74. The van der Waals surface area contributed by atoms with E-state index in [1.807, 2.05) is 0 Å². The summed E-state index contributed by atoms with van der Waals surface area (Å²) in [5.41, 5.74) is 0. The Bertz CT molecular complexity index is 398. The number of carboxylic acids is 1. The van der Waals surface area contributed by atoms with Crippen molar-refractivity contribution in [2.45, 2.75) is 58.3 Å². The van der Waals surface area contributed by atoms with Crippen molar-refractivity contribution in [2.75, 3.05) is 0 Å². The van der Waals surface area contributed by atoms with Gasteiger partial charge in [0.25, 0.3) is 0 Å². The molecule has 0 fully saturated rings. The first-order valence-electron chi connectivity index (χ1n) is 8.25. The number of hydrogen-bond acceptors (Lipinski definition) is 1. The maximum absolute atomic E-state index is 10.3. The van der Waals surface area contributed by atoms with Crippen molar-refractivity contribution in [3.63, 3.8) is 0 Å². The molecule has 0 spiro atoms. The molecule has 0 bridgehead atoms. The molecule has 0 aromatic rings. The SMILES string of the molecule is CC/C=C\CC/C=C/C=C/C/C=C\C/C=C\CCCC(=O)O. The molecule has 0 aliphatic carbocycles. The van der Waals surface area contributed by atoms with Gasteiger partial charge < -0.3 is 5.11 Å². The van der Waals surface area contributed by atoms with E-state index >= 15 is 0 Å². The second-order valence-corrected chi connectivity index (χ2v) is 5.01. The molecule has 0 heterocycles. The summed E-state index contributed by atoms with van der Waals surface area (Å²) in [5.74, 6) is -0.716. The molecule has 22 heavy (non-hydrogen) atoms. The van der Waals surface area contributed by atoms with E-state index in [2.05, 4.69) is 67.7 Å². The van der Waals surface area contributed by atoms with E-state index in [9.17, 15) is 4.79 Å². The second-order valence-electron chi connectivity index (χ2n) is 5.01. The predicted molar refractivity (Wildman–Crippen MR) is 95.9 cm³/mol. The number of carboxylic acid groups (broad SMARTS) is 1. The summed E-state index contributed by atoms with van der Waals surface area (Å²) in [7, 11) is 0. The van der Waals surface area contributed by atoms with E-state index in [4.69, 9.17) is 5.11 Å². The molecule has 122 valence electrons. The summed E-state index contributed by atoms with van der Waals surface area (Å²) in [4.78, 5) is 10.3. The smallest absolute Gasteiger partial charge is 0.303 e. The van der Waals surface area contributed by atoms with Gasteiger partial charge in [-0.2, -0.15) is 0 Å². The molecule has 0 radical (unpaired) electrons. The van der Waals surface area contributed by atoms with Crippen LogP contribution in [0.1, 0.15) is 58.3 Å². The van der Waals surface area contributed by atoms with Gasteiger partial charge in [0, 0.05) is 6.42 Å². The van der Waals surface area contributed by atoms with Crippen LogP contribution in [0, 0.1) is 0 Å². The molecule has 0 aliphatic heterocycles. The minimum atomic E-state index is -0.716. The Morgan fingerprint density at radius 3 is 2.09 bits per heavy atom. The Morgan fingerprint density at radius 1 is 0.773 bits per heavy atom. The fourth-order valence-electron chi connectivity index (χ4n) is 1.74. The fraction of sp³-hybridized carbons (Fsp3) is 0.450. The molecule has 2 heteroatoms. The first kappa shape index (κ1) is 20.2. The number of rotatable bonds is 13. The van der Waals surface area contributed by atoms with Gasteiger partial charge in [-0.3, -0.25) is 4.79 Å². The van der Waals surface area contributed by atoms with E-state index in [0.717, 1.165) is 44.9 Å². The van der Waals surface area contributed by atoms with Gasteiger partial charge in [0.1, 0.15) is 0 Å².